The minimum absolute atomic E-state index is 0.0392. The molecule has 0 aromatic heterocycles. The quantitative estimate of drug-likeness (QED) is 0.184. The van der Waals surface area contributed by atoms with Crippen LogP contribution in [-0.2, 0) is 33.3 Å². The van der Waals surface area contributed by atoms with E-state index in [4.69, 9.17) is 18.9 Å². The van der Waals surface area contributed by atoms with Crippen LogP contribution >= 0.6 is 0 Å². The van der Waals surface area contributed by atoms with Crippen LogP contribution in [0.4, 0.5) is 0 Å². The molecular formula is C35H63N3O9. The van der Waals surface area contributed by atoms with Crippen LogP contribution in [-0.4, -0.2) is 105 Å². The predicted molar refractivity (Wildman–Crippen MR) is 176 cm³/mol. The second-order valence-electron chi connectivity index (χ2n) is 17.8. The molecule has 0 spiro atoms. The van der Waals surface area contributed by atoms with Crippen molar-refractivity contribution in [3.63, 3.8) is 0 Å². The highest BCUT2D eigenvalue weighted by atomic mass is 16.6. The average Bonchev–Trinajstić information content (AvgIpc) is 3.32. The molecule has 3 aliphatic rings. The van der Waals surface area contributed by atoms with Gasteiger partial charge >= 0.3 is 17.9 Å². The van der Waals surface area contributed by atoms with E-state index in [9.17, 15) is 24.8 Å². The van der Waals surface area contributed by atoms with Crippen molar-refractivity contribution in [3.05, 3.63) is 0 Å². The van der Waals surface area contributed by atoms with Crippen molar-refractivity contribution in [2.45, 2.75) is 155 Å². The number of ether oxygens (including phenoxy) is 4. The standard InChI is InChI=1S/C35H63N3O9/c1-30(2)16-23(33(7,8)36-30)19-45-26(39)14-22(15-27(40)46-20-24-17-31(3,4)37(42)34(24,9)10)28(44-13)29(41)47-21-25-18-32(5,6)38(43)35(25,11)12/h22-25,28,36,42-43H,14-21H2,1-13H3. The molecule has 3 saturated heterocycles. The van der Waals surface area contributed by atoms with Gasteiger partial charge in [-0.3, -0.25) is 9.59 Å². The zero-order valence-electron chi connectivity index (χ0n) is 31.2. The third-order valence-corrected chi connectivity index (χ3v) is 11.3. The van der Waals surface area contributed by atoms with Gasteiger partial charge in [-0.15, -0.1) is 0 Å². The second kappa shape index (κ2) is 13.8. The van der Waals surface area contributed by atoms with Gasteiger partial charge in [0.2, 0.25) is 0 Å². The van der Waals surface area contributed by atoms with Crippen molar-refractivity contribution in [1.29, 1.82) is 0 Å². The number of carbonyl (C=O) groups excluding carboxylic acids is 3. The Kier molecular flexibility index (Phi) is 11.6. The molecule has 12 heteroatoms. The van der Waals surface area contributed by atoms with Gasteiger partial charge in [0, 0.05) is 64.0 Å². The van der Waals surface area contributed by atoms with Gasteiger partial charge in [0.15, 0.2) is 6.10 Å². The van der Waals surface area contributed by atoms with Gasteiger partial charge in [0.05, 0.1) is 32.7 Å². The molecule has 3 heterocycles. The van der Waals surface area contributed by atoms with E-state index in [0.717, 1.165) is 6.42 Å². The number of carbonyl (C=O) groups is 3. The number of rotatable bonds is 13. The molecule has 12 nitrogen and oxygen atoms in total. The number of hydrogen-bond donors (Lipinski definition) is 3. The maximum Gasteiger partial charge on any atom is 0.335 e. The summed E-state index contributed by atoms with van der Waals surface area (Å²) in [6, 6.07) is 0. The molecular weight excluding hydrogens is 606 g/mol. The van der Waals surface area contributed by atoms with E-state index in [1.54, 1.807) is 0 Å². The minimum atomic E-state index is -1.23. The Bertz CT molecular complexity index is 1150. The first-order valence-electron chi connectivity index (χ1n) is 17.1. The first kappa shape index (κ1) is 39.6. The topological polar surface area (TPSA) is 147 Å². The van der Waals surface area contributed by atoms with E-state index in [1.807, 2.05) is 55.4 Å². The first-order chi connectivity index (χ1) is 21.3. The lowest BCUT2D eigenvalue weighted by molar-refractivity contribution is -0.199. The van der Waals surface area contributed by atoms with Gasteiger partial charge in [-0.05, 0) is 102 Å². The van der Waals surface area contributed by atoms with Crippen LogP contribution in [0.5, 0.6) is 0 Å². The van der Waals surface area contributed by atoms with Crippen LogP contribution in [0.1, 0.15) is 115 Å². The van der Waals surface area contributed by atoms with Crippen LogP contribution in [0.15, 0.2) is 0 Å². The molecule has 0 aromatic carbocycles. The van der Waals surface area contributed by atoms with Crippen molar-refractivity contribution in [2.24, 2.45) is 23.7 Å². The van der Waals surface area contributed by atoms with Crippen LogP contribution in [0, 0.1) is 23.7 Å². The van der Waals surface area contributed by atoms with Crippen LogP contribution in [0.2, 0.25) is 0 Å². The van der Waals surface area contributed by atoms with Crippen molar-refractivity contribution in [2.75, 3.05) is 26.9 Å². The van der Waals surface area contributed by atoms with Crippen LogP contribution < -0.4 is 5.32 Å². The minimum Gasteiger partial charge on any atom is -0.465 e. The number of esters is 3. The molecule has 272 valence electrons. The SMILES string of the molecule is COC(C(=O)OCC1CC(C)(C)N(O)C1(C)C)C(CC(=O)OCC1CC(C)(C)NC1(C)C)CC(=O)OCC1CC(C)(C)N(O)C1(C)C. The summed E-state index contributed by atoms with van der Waals surface area (Å²) in [4.78, 5) is 40.0. The van der Waals surface area contributed by atoms with Crippen molar-refractivity contribution in [1.82, 2.24) is 15.4 Å². The second-order valence-corrected chi connectivity index (χ2v) is 17.8. The molecule has 47 heavy (non-hydrogen) atoms. The van der Waals surface area contributed by atoms with Gasteiger partial charge in [-0.2, -0.15) is 10.1 Å². The molecule has 0 amide bonds. The fourth-order valence-electron chi connectivity index (χ4n) is 8.44. The Labute approximate surface area is 282 Å². The molecule has 3 aliphatic heterocycles. The Balaban J connectivity index is 1.71. The first-order valence-corrected chi connectivity index (χ1v) is 17.1. The van der Waals surface area contributed by atoms with E-state index in [-0.39, 0.29) is 61.5 Å². The maximum absolute atomic E-state index is 13.5. The Hall–Kier alpha value is -1.83. The smallest absolute Gasteiger partial charge is 0.335 e. The highest BCUT2D eigenvalue weighted by Crippen LogP contribution is 2.45. The molecule has 3 fully saturated rings. The summed E-state index contributed by atoms with van der Waals surface area (Å²) in [6.07, 6.45) is 0.316. The summed E-state index contributed by atoms with van der Waals surface area (Å²) in [7, 11) is 1.35. The largest absolute Gasteiger partial charge is 0.465 e. The van der Waals surface area contributed by atoms with Crippen molar-refractivity contribution < 1.29 is 43.7 Å². The van der Waals surface area contributed by atoms with E-state index in [1.165, 1.54) is 17.2 Å². The third-order valence-electron chi connectivity index (χ3n) is 11.3. The maximum atomic E-state index is 13.5. The zero-order chi connectivity index (χ0) is 36.0. The highest BCUT2D eigenvalue weighted by Gasteiger charge is 2.53. The van der Waals surface area contributed by atoms with E-state index in [0.29, 0.717) is 12.8 Å². The lowest BCUT2D eigenvalue weighted by Crippen LogP contribution is -2.48. The number of nitrogens with one attached hydrogen (secondary N) is 1. The summed E-state index contributed by atoms with van der Waals surface area (Å²) >= 11 is 0. The molecule has 0 radical (unpaired) electrons. The lowest BCUT2D eigenvalue weighted by Gasteiger charge is -2.36. The van der Waals surface area contributed by atoms with E-state index < -0.39 is 52.1 Å². The number of methoxy groups -OCH3 is 1. The molecule has 5 atom stereocenters. The molecule has 0 saturated carbocycles. The molecule has 5 unspecified atom stereocenters. The highest BCUT2D eigenvalue weighted by molar-refractivity contribution is 5.79. The summed E-state index contributed by atoms with van der Waals surface area (Å²) in [5.41, 5.74) is -2.55. The fourth-order valence-corrected chi connectivity index (χ4v) is 8.44. The number of hydroxylamine groups is 4. The monoisotopic (exact) mass is 669 g/mol. The van der Waals surface area contributed by atoms with Gasteiger partial charge in [-0.1, -0.05) is 0 Å². The zero-order valence-corrected chi connectivity index (χ0v) is 31.2. The van der Waals surface area contributed by atoms with E-state index >= 15 is 0 Å². The van der Waals surface area contributed by atoms with Gasteiger partial charge < -0.3 is 34.7 Å². The number of nitrogens with zero attached hydrogens (tertiary/aromatic N) is 2. The predicted octanol–water partition coefficient (Wildman–Crippen LogP) is 4.73. The lowest BCUT2D eigenvalue weighted by atomic mass is 9.87. The number of hydrogen-bond acceptors (Lipinski definition) is 12. The van der Waals surface area contributed by atoms with Gasteiger partial charge in [-0.25, -0.2) is 4.79 Å². The fraction of sp³-hybridized carbons (Fsp3) is 0.914. The van der Waals surface area contributed by atoms with Crippen LogP contribution in [0.3, 0.4) is 0 Å². The van der Waals surface area contributed by atoms with Gasteiger partial charge in [0.1, 0.15) is 0 Å². The Morgan fingerprint density at radius 1 is 0.681 bits per heavy atom. The average molecular weight is 670 g/mol. The van der Waals surface area contributed by atoms with Crippen molar-refractivity contribution >= 4 is 17.9 Å². The summed E-state index contributed by atoms with van der Waals surface area (Å²) < 4.78 is 22.8. The normalized spacial score (nSPS) is 30.1. The molecule has 0 aliphatic carbocycles. The summed E-state index contributed by atoms with van der Waals surface area (Å²) in [5.74, 6) is -2.92. The summed E-state index contributed by atoms with van der Waals surface area (Å²) in [5, 5.41) is 27.6. The van der Waals surface area contributed by atoms with E-state index in [2.05, 4.69) is 33.0 Å². The molecule has 0 aromatic rings. The van der Waals surface area contributed by atoms with Gasteiger partial charge in [0.25, 0.3) is 0 Å². The molecule has 3 N–H and O–H groups in total. The Morgan fingerprint density at radius 3 is 1.43 bits per heavy atom. The Morgan fingerprint density at radius 2 is 1.09 bits per heavy atom. The molecule has 3 rings (SSSR count). The van der Waals surface area contributed by atoms with Crippen molar-refractivity contribution in [3.8, 4) is 0 Å². The third kappa shape index (κ3) is 8.86. The van der Waals surface area contributed by atoms with Crippen LogP contribution in [0.25, 0.3) is 0 Å². The summed E-state index contributed by atoms with van der Waals surface area (Å²) in [6.45, 7) is 24.0. The molecule has 0 bridgehead atoms.